The third kappa shape index (κ3) is 3.29. The number of methoxy groups -OCH3 is 1. The van der Waals surface area contributed by atoms with Gasteiger partial charge in [0.2, 0.25) is 11.7 Å². The summed E-state index contributed by atoms with van der Waals surface area (Å²) in [6.07, 6.45) is 1.10. The van der Waals surface area contributed by atoms with Crippen LogP contribution >= 0.6 is 0 Å². The molecule has 1 N–H and O–H groups in total. The summed E-state index contributed by atoms with van der Waals surface area (Å²) in [5.74, 6) is -1.44. The molecular weight excluding hydrogens is 298 g/mol. The van der Waals surface area contributed by atoms with Gasteiger partial charge in [-0.2, -0.15) is 0 Å². The van der Waals surface area contributed by atoms with Crippen LogP contribution in [0, 0.1) is 0 Å². The molecule has 2 aromatic rings. The molecule has 0 saturated carbocycles. The molecule has 1 heterocycles. The number of aromatic nitrogens is 1. The van der Waals surface area contributed by atoms with Gasteiger partial charge in [0.25, 0.3) is 0 Å². The Morgan fingerprint density at radius 1 is 1.33 bits per heavy atom. The summed E-state index contributed by atoms with van der Waals surface area (Å²) in [6, 6.07) is 5.82. The van der Waals surface area contributed by atoms with Crippen LogP contribution in [0.2, 0.25) is 0 Å². The molecule has 0 unspecified atom stereocenters. The topological polar surface area (TPSA) is 107 Å². The van der Waals surface area contributed by atoms with Crippen molar-refractivity contribution >= 4 is 15.8 Å². The molecule has 0 spiro atoms. The van der Waals surface area contributed by atoms with E-state index in [1.165, 1.54) is 31.4 Å². The molecule has 1 aromatic carbocycles. The third-order valence-corrected chi connectivity index (χ3v) is 3.83. The first-order valence-electron chi connectivity index (χ1n) is 5.85. The van der Waals surface area contributed by atoms with E-state index in [0.29, 0.717) is 5.56 Å². The number of nitrogens with zero attached hydrogens (tertiary/aromatic N) is 1. The van der Waals surface area contributed by atoms with Crippen LogP contribution in [0.5, 0.6) is 0 Å². The number of sulfone groups is 1. The molecule has 0 bridgehead atoms. The zero-order valence-electron chi connectivity index (χ0n) is 11.4. The fourth-order valence-corrected chi connectivity index (χ4v) is 2.35. The van der Waals surface area contributed by atoms with Crippen LogP contribution in [0.15, 0.2) is 33.6 Å². The second kappa shape index (κ2) is 5.66. The molecule has 0 atom stereocenters. The third-order valence-electron chi connectivity index (χ3n) is 2.70. The van der Waals surface area contributed by atoms with Crippen molar-refractivity contribution in [1.82, 2.24) is 4.98 Å². The maximum atomic E-state index is 11.4. The van der Waals surface area contributed by atoms with Gasteiger partial charge in [0.15, 0.2) is 9.84 Å². The second-order valence-electron chi connectivity index (χ2n) is 4.33. The lowest BCUT2D eigenvalue weighted by Crippen LogP contribution is -2.00. The number of aromatic carboxylic acids is 1. The van der Waals surface area contributed by atoms with Crippen molar-refractivity contribution in [1.29, 1.82) is 0 Å². The van der Waals surface area contributed by atoms with E-state index in [-0.39, 0.29) is 28.8 Å². The maximum absolute atomic E-state index is 11.4. The van der Waals surface area contributed by atoms with Gasteiger partial charge in [-0.3, -0.25) is 0 Å². The quantitative estimate of drug-likeness (QED) is 0.893. The normalized spacial score (nSPS) is 11.5. The van der Waals surface area contributed by atoms with Gasteiger partial charge in [-0.15, -0.1) is 0 Å². The smallest absolute Gasteiger partial charge is 0.373 e. The fourth-order valence-electron chi connectivity index (χ4n) is 1.72. The molecular formula is C13H13NO6S. The van der Waals surface area contributed by atoms with Gasteiger partial charge in [-0.1, -0.05) is 0 Å². The highest BCUT2D eigenvalue weighted by Crippen LogP contribution is 2.24. The molecule has 0 fully saturated rings. The van der Waals surface area contributed by atoms with E-state index in [0.717, 1.165) is 6.26 Å². The zero-order valence-corrected chi connectivity index (χ0v) is 12.2. The number of carboxylic acids is 1. The van der Waals surface area contributed by atoms with Gasteiger partial charge in [0.1, 0.15) is 5.69 Å². The van der Waals surface area contributed by atoms with Crippen molar-refractivity contribution in [3.63, 3.8) is 0 Å². The van der Waals surface area contributed by atoms with Gasteiger partial charge in [-0.25, -0.2) is 18.2 Å². The van der Waals surface area contributed by atoms with E-state index in [1.807, 2.05) is 0 Å². The highest BCUT2D eigenvalue weighted by atomic mass is 32.2. The SMILES string of the molecule is COCc1nc(-c2ccc(S(C)(=O)=O)cc2)oc1C(=O)O. The van der Waals surface area contributed by atoms with Crippen molar-refractivity contribution in [2.75, 3.05) is 13.4 Å². The average molecular weight is 311 g/mol. The summed E-state index contributed by atoms with van der Waals surface area (Å²) < 4.78 is 32.8. The molecule has 1 aromatic heterocycles. The summed E-state index contributed by atoms with van der Waals surface area (Å²) >= 11 is 0. The second-order valence-corrected chi connectivity index (χ2v) is 6.35. The first-order valence-corrected chi connectivity index (χ1v) is 7.74. The van der Waals surface area contributed by atoms with Gasteiger partial charge >= 0.3 is 5.97 Å². The Balaban J connectivity index is 2.42. The molecule has 2 rings (SSSR count). The standard InChI is InChI=1S/C13H13NO6S/c1-19-7-10-11(13(15)16)20-12(14-10)8-3-5-9(6-4-8)21(2,17)18/h3-6H,7H2,1-2H3,(H,15,16). The van der Waals surface area contributed by atoms with Crippen molar-refractivity contribution in [3.8, 4) is 11.5 Å². The van der Waals surface area contributed by atoms with Gasteiger partial charge in [0.05, 0.1) is 11.5 Å². The highest BCUT2D eigenvalue weighted by molar-refractivity contribution is 7.90. The zero-order chi connectivity index (χ0) is 15.6. The molecule has 112 valence electrons. The molecule has 0 radical (unpaired) electrons. The predicted octanol–water partition coefficient (Wildman–Crippen LogP) is 1.59. The van der Waals surface area contributed by atoms with Crippen LogP contribution in [0.3, 0.4) is 0 Å². The van der Waals surface area contributed by atoms with Crippen LogP contribution in [-0.4, -0.2) is 37.8 Å². The minimum atomic E-state index is -3.29. The van der Waals surface area contributed by atoms with Crippen molar-refractivity contribution in [2.24, 2.45) is 0 Å². The largest absolute Gasteiger partial charge is 0.475 e. The molecule has 21 heavy (non-hydrogen) atoms. The molecule has 0 aliphatic rings. The van der Waals surface area contributed by atoms with E-state index < -0.39 is 15.8 Å². The molecule has 8 heteroatoms. The van der Waals surface area contributed by atoms with Gasteiger partial charge < -0.3 is 14.3 Å². The van der Waals surface area contributed by atoms with Crippen LogP contribution in [0.1, 0.15) is 16.2 Å². The predicted molar refractivity (Wildman–Crippen MR) is 72.7 cm³/mol. The lowest BCUT2D eigenvalue weighted by atomic mass is 10.2. The van der Waals surface area contributed by atoms with E-state index in [4.69, 9.17) is 14.3 Å². The number of hydrogen-bond acceptors (Lipinski definition) is 6. The van der Waals surface area contributed by atoms with Crippen molar-refractivity contribution < 1.29 is 27.5 Å². The summed E-state index contributed by atoms with van der Waals surface area (Å²) in [7, 11) is -1.87. The maximum Gasteiger partial charge on any atom is 0.373 e. The lowest BCUT2D eigenvalue weighted by Gasteiger charge is -1.99. The minimum Gasteiger partial charge on any atom is -0.475 e. The molecule has 0 aliphatic carbocycles. The first kappa shape index (κ1) is 15.2. The Kier molecular flexibility index (Phi) is 4.10. The van der Waals surface area contributed by atoms with Crippen LogP contribution in [0.25, 0.3) is 11.5 Å². The number of rotatable bonds is 5. The van der Waals surface area contributed by atoms with Crippen LogP contribution in [-0.2, 0) is 21.2 Å². The molecule has 0 saturated heterocycles. The van der Waals surface area contributed by atoms with E-state index >= 15 is 0 Å². The first-order chi connectivity index (χ1) is 9.82. The number of benzene rings is 1. The van der Waals surface area contributed by atoms with Crippen LogP contribution in [0.4, 0.5) is 0 Å². The van der Waals surface area contributed by atoms with Gasteiger partial charge in [0, 0.05) is 18.9 Å². The van der Waals surface area contributed by atoms with Crippen LogP contribution < -0.4 is 0 Å². The number of carboxylic acid groups (broad SMARTS) is 1. The van der Waals surface area contributed by atoms with Gasteiger partial charge in [-0.05, 0) is 24.3 Å². The number of hydrogen-bond donors (Lipinski definition) is 1. The van der Waals surface area contributed by atoms with Crippen molar-refractivity contribution in [3.05, 3.63) is 35.7 Å². The summed E-state index contributed by atoms with van der Waals surface area (Å²) in [6.45, 7) is 0.00650. The summed E-state index contributed by atoms with van der Waals surface area (Å²) in [4.78, 5) is 15.3. The van der Waals surface area contributed by atoms with E-state index in [2.05, 4.69) is 4.98 Å². The highest BCUT2D eigenvalue weighted by Gasteiger charge is 2.20. The molecule has 0 amide bonds. The Labute approximate surface area is 121 Å². The van der Waals surface area contributed by atoms with E-state index in [1.54, 1.807) is 0 Å². The number of ether oxygens (including phenoxy) is 1. The minimum absolute atomic E-state index is 0.00650. The fraction of sp³-hybridized carbons (Fsp3) is 0.231. The van der Waals surface area contributed by atoms with E-state index in [9.17, 15) is 13.2 Å². The van der Waals surface area contributed by atoms with Crippen molar-refractivity contribution in [2.45, 2.75) is 11.5 Å². The number of oxazole rings is 1. The summed E-state index contributed by atoms with van der Waals surface area (Å²) in [5, 5.41) is 9.03. The Morgan fingerprint density at radius 3 is 2.43 bits per heavy atom. The average Bonchev–Trinajstić information content (AvgIpc) is 2.82. The number of carbonyl (C=O) groups is 1. The Hall–Kier alpha value is -2.19. The molecule has 0 aliphatic heterocycles. The summed E-state index contributed by atoms with van der Waals surface area (Å²) in [5.41, 5.74) is 0.652. The lowest BCUT2D eigenvalue weighted by molar-refractivity contribution is 0.0656. The monoisotopic (exact) mass is 311 g/mol. The Morgan fingerprint density at radius 2 is 1.95 bits per heavy atom. The molecule has 7 nitrogen and oxygen atoms in total. The Bertz CT molecular complexity index is 760.